The summed E-state index contributed by atoms with van der Waals surface area (Å²) in [6.45, 7) is 1.68. The fourth-order valence-corrected chi connectivity index (χ4v) is 3.90. The van der Waals surface area contributed by atoms with Crippen molar-refractivity contribution in [1.29, 1.82) is 0 Å². The molecular formula is C28H49NO10. The van der Waals surface area contributed by atoms with Crippen LogP contribution in [0.15, 0.2) is 0 Å². The largest absolute Gasteiger partial charge is 0.481 e. The highest BCUT2D eigenvalue weighted by molar-refractivity contribution is 5.84. The number of methoxy groups -OCH3 is 1. The van der Waals surface area contributed by atoms with Crippen molar-refractivity contribution in [1.82, 2.24) is 5.32 Å². The van der Waals surface area contributed by atoms with Crippen molar-refractivity contribution < 1.29 is 48.4 Å². The van der Waals surface area contributed by atoms with Crippen LogP contribution in [0.25, 0.3) is 0 Å². The summed E-state index contributed by atoms with van der Waals surface area (Å²) >= 11 is 0. The maximum absolute atomic E-state index is 12.2. The molecule has 226 valence electrons. The van der Waals surface area contributed by atoms with Crippen LogP contribution in [-0.4, -0.2) is 86.3 Å². The van der Waals surface area contributed by atoms with Crippen LogP contribution < -0.4 is 5.32 Å². The van der Waals surface area contributed by atoms with Crippen LogP contribution in [0.2, 0.25) is 0 Å². The molecule has 0 aliphatic carbocycles. The fourth-order valence-electron chi connectivity index (χ4n) is 3.90. The van der Waals surface area contributed by atoms with Gasteiger partial charge in [0.1, 0.15) is 12.4 Å². The normalized spacial score (nSPS) is 11.7. The monoisotopic (exact) mass is 559 g/mol. The number of hydrogen-bond donors (Lipinski definition) is 3. The summed E-state index contributed by atoms with van der Waals surface area (Å²) < 4.78 is 15.5. The lowest BCUT2D eigenvalue weighted by molar-refractivity contribution is -0.144. The lowest BCUT2D eigenvalue weighted by Gasteiger charge is -2.12. The van der Waals surface area contributed by atoms with Crippen LogP contribution in [0.5, 0.6) is 0 Å². The number of amides is 1. The first-order valence-electron chi connectivity index (χ1n) is 14.1. The minimum absolute atomic E-state index is 0.00962. The number of aliphatic carboxylic acids is 2. The van der Waals surface area contributed by atoms with Crippen molar-refractivity contribution >= 4 is 29.4 Å². The minimum atomic E-state index is -1.07. The standard InChI is InChI=1S/C28H49NO10/c1-37-17-10-12-25(31)22-39-20-19-38-18-16-29-26(32)15-14-23(28(35)36)21-24(30)11-8-6-4-2-3-5-7-9-13-27(33)34/h23H,2-22H2,1H3,(H,29,32)(H,33,34)(H,35,36)/t23-/m1/s1. The van der Waals surface area contributed by atoms with Gasteiger partial charge in [-0.05, 0) is 25.7 Å². The SMILES string of the molecule is COCCCC(=O)COCCOCCNC(=O)CC[C@H](CC(=O)CCCCCCCCCCC(=O)O)C(=O)O. The molecule has 0 aromatic rings. The van der Waals surface area contributed by atoms with Gasteiger partial charge in [-0.2, -0.15) is 0 Å². The molecule has 0 radical (unpaired) electrons. The van der Waals surface area contributed by atoms with E-state index in [1.54, 1.807) is 7.11 Å². The second-order valence-corrected chi connectivity index (χ2v) is 9.69. The van der Waals surface area contributed by atoms with Crippen molar-refractivity contribution in [3.63, 3.8) is 0 Å². The molecule has 3 N–H and O–H groups in total. The van der Waals surface area contributed by atoms with Gasteiger partial charge in [0.15, 0.2) is 5.78 Å². The van der Waals surface area contributed by atoms with E-state index < -0.39 is 17.9 Å². The molecule has 0 saturated heterocycles. The molecule has 1 atom stereocenters. The van der Waals surface area contributed by atoms with Crippen molar-refractivity contribution in [3.05, 3.63) is 0 Å². The van der Waals surface area contributed by atoms with Crippen LogP contribution in [0.4, 0.5) is 0 Å². The van der Waals surface area contributed by atoms with Gasteiger partial charge in [-0.3, -0.25) is 24.0 Å². The van der Waals surface area contributed by atoms with Gasteiger partial charge in [-0.25, -0.2) is 0 Å². The summed E-state index contributed by atoms with van der Waals surface area (Å²) in [5.41, 5.74) is 0. The molecule has 0 aromatic heterocycles. The van der Waals surface area contributed by atoms with Crippen molar-refractivity contribution in [3.8, 4) is 0 Å². The Hall–Kier alpha value is -2.37. The molecule has 0 aliphatic rings. The highest BCUT2D eigenvalue weighted by atomic mass is 16.5. The van der Waals surface area contributed by atoms with Crippen LogP contribution in [0.3, 0.4) is 0 Å². The number of carbonyl (C=O) groups excluding carboxylic acids is 3. The Morgan fingerprint density at radius 2 is 1.26 bits per heavy atom. The molecule has 11 nitrogen and oxygen atoms in total. The summed E-state index contributed by atoms with van der Waals surface area (Å²) in [6, 6.07) is 0. The second-order valence-electron chi connectivity index (χ2n) is 9.69. The Morgan fingerprint density at radius 3 is 1.87 bits per heavy atom. The Balaban J connectivity index is 3.77. The van der Waals surface area contributed by atoms with Crippen LogP contribution in [0, 0.1) is 5.92 Å². The lowest BCUT2D eigenvalue weighted by atomic mass is 9.94. The molecule has 11 heteroatoms. The third-order valence-corrected chi connectivity index (χ3v) is 6.15. The summed E-state index contributed by atoms with van der Waals surface area (Å²) in [7, 11) is 1.58. The van der Waals surface area contributed by atoms with E-state index in [-0.39, 0.29) is 69.5 Å². The fraction of sp³-hybridized carbons (Fsp3) is 0.821. The van der Waals surface area contributed by atoms with E-state index in [0.717, 1.165) is 44.9 Å². The molecule has 0 bridgehead atoms. The Morgan fingerprint density at radius 1 is 0.667 bits per heavy atom. The number of rotatable bonds is 29. The van der Waals surface area contributed by atoms with Gasteiger partial charge in [-0.1, -0.05) is 38.5 Å². The van der Waals surface area contributed by atoms with Gasteiger partial charge in [0.05, 0.1) is 25.7 Å². The van der Waals surface area contributed by atoms with Gasteiger partial charge < -0.3 is 29.7 Å². The number of ketones is 2. The van der Waals surface area contributed by atoms with Crippen LogP contribution in [-0.2, 0) is 38.2 Å². The predicted octanol–water partition coefficient (Wildman–Crippen LogP) is 3.56. The quantitative estimate of drug-likeness (QED) is 0.115. The first kappa shape index (κ1) is 36.6. The third-order valence-electron chi connectivity index (χ3n) is 6.15. The van der Waals surface area contributed by atoms with Gasteiger partial charge in [0, 0.05) is 52.4 Å². The molecule has 0 spiro atoms. The summed E-state index contributed by atoms with van der Waals surface area (Å²) in [5.74, 6) is -3.08. The van der Waals surface area contributed by atoms with Gasteiger partial charge in [0.2, 0.25) is 5.91 Å². The number of carboxylic acid groups (broad SMARTS) is 2. The van der Waals surface area contributed by atoms with Crippen LogP contribution >= 0.6 is 0 Å². The van der Waals surface area contributed by atoms with E-state index in [1.807, 2.05) is 0 Å². The lowest BCUT2D eigenvalue weighted by Crippen LogP contribution is -2.29. The molecule has 0 unspecified atom stereocenters. The average Bonchev–Trinajstić information content (AvgIpc) is 2.88. The van der Waals surface area contributed by atoms with Crippen LogP contribution in [0.1, 0.15) is 96.3 Å². The zero-order valence-electron chi connectivity index (χ0n) is 23.6. The smallest absolute Gasteiger partial charge is 0.306 e. The highest BCUT2D eigenvalue weighted by Gasteiger charge is 2.22. The number of carbonyl (C=O) groups is 5. The third kappa shape index (κ3) is 25.7. The Kier molecular flexibility index (Phi) is 24.3. The summed E-state index contributed by atoms with van der Waals surface area (Å²) in [4.78, 5) is 57.8. The summed E-state index contributed by atoms with van der Waals surface area (Å²) in [5, 5.41) is 20.7. The highest BCUT2D eigenvalue weighted by Crippen LogP contribution is 2.16. The summed E-state index contributed by atoms with van der Waals surface area (Å²) in [6.07, 6.45) is 9.07. The number of unbranched alkanes of at least 4 members (excludes halogenated alkanes) is 7. The number of hydrogen-bond acceptors (Lipinski definition) is 8. The molecule has 0 fully saturated rings. The first-order valence-corrected chi connectivity index (χ1v) is 14.1. The number of Topliss-reactive ketones (excluding diaryl/α,β-unsaturated/α-hetero) is 2. The zero-order chi connectivity index (χ0) is 29.1. The van der Waals surface area contributed by atoms with Gasteiger partial charge in [-0.15, -0.1) is 0 Å². The predicted molar refractivity (Wildman–Crippen MR) is 145 cm³/mol. The molecule has 39 heavy (non-hydrogen) atoms. The molecule has 0 aliphatic heterocycles. The average molecular weight is 560 g/mol. The number of ether oxygens (including phenoxy) is 3. The zero-order valence-corrected chi connectivity index (χ0v) is 23.6. The van der Waals surface area contributed by atoms with E-state index in [9.17, 15) is 29.1 Å². The van der Waals surface area contributed by atoms with E-state index in [4.69, 9.17) is 19.3 Å². The number of nitrogens with one attached hydrogen (secondary N) is 1. The molecule has 0 aromatic carbocycles. The minimum Gasteiger partial charge on any atom is -0.481 e. The molecule has 1 amide bonds. The molecule has 0 saturated carbocycles. The van der Waals surface area contributed by atoms with Crippen molar-refractivity contribution in [2.75, 3.05) is 46.7 Å². The Bertz CT molecular complexity index is 698. The van der Waals surface area contributed by atoms with E-state index in [2.05, 4.69) is 5.32 Å². The molecule has 0 rings (SSSR count). The number of carboxylic acids is 2. The van der Waals surface area contributed by atoms with Crippen molar-refractivity contribution in [2.24, 2.45) is 5.92 Å². The molecular weight excluding hydrogens is 510 g/mol. The second kappa shape index (κ2) is 25.9. The first-order chi connectivity index (χ1) is 18.8. The van der Waals surface area contributed by atoms with E-state index in [1.165, 1.54) is 0 Å². The van der Waals surface area contributed by atoms with E-state index in [0.29, 0.717) is 38.9 Å². The maximum atomic E-state index is 12.2. The topological polar surface area (TPSA) is 166 Å². The Labute approximate surface area is 232 Å². The van der Waals surface area contributed by atoms with Crippen molar-refractivity contribution in [2.45, 2.75) is 96.3 Å². The van der Waals surface area contributed by atoms with Gasteiger partial charge in [0.25, 0.3) is 0 Å². The maximum Gasteiger partial charge on any atom is 0.306 e. The van der Waals surface area contributed by atoms with E-state index >= 15 is 0 Å². The van der Waals surface area contributed by atoms with Gasteiger partial charge >= 0.3 is 11.9 Å². The molecule has 0 heterocycles.